The lowest BCUT2D eigenvalue weighted by Crippen LogP contribution is -1.97. The Balaban J connectivity index is 0.000000531. The van der Waals surface area contributed by atoms with Gasteiger partial charge in [-0.25, -0.2) is 0 Å². The largest absolute Gasteiger partial charge is 0.497 e. The van der Waals surface area contributed by atoms with E-state index in [1.54, 1.807) is 24.3 Å². The molecule has 0 aliphatic carbocycles. The molecule has 0 N–H and O–H groups in total. The number of rotatable bonds is 2. The van der Waals surface area contributed by atoms with Crippen LogP contribution in [0.5, 0.6) is 5.75 Å². The van der Waals surface area contributed by atoms with E-state index in [-0.39, 0.29) is 0 Å². The molecule has 0 aliphatic heterocycles. The maximum Gasteiger partial charge on any atom is 0.119 e. The van der Waals surface area contributed by atoms with Gasteiger partial charge in [0, 0.05) is 0 Å². The van der Waals surface area contributed by atoms with Crippen molar-refractivity contribution in [1.29, 1.82) is 0 Å². The second-order valence-corrected chi connectivity index (χ2v) is 2.52. The van der Waals surface area contributed by atoms with Crippen molar-refractivity contribution in [2.45, 2.75) is 13.8 Å². The number of methoxy groups -OCH3 is 1. The Morgan fingerprint density at radius 1 is 1.00 bits per heavy atom. The third kappa shape index (κ3) is 2.80. The first kappa shape index (κ1) is 11.2. The predicted molar refractivity (Wildman–Crippen MR) is 59.3 cm³/mol. The Morgan fingerprint density at radius 2 is 1.53 bits per heavy atom. The van der Waals surface area contributed by atoms with Gasteiger partial charge in [-0.1, -0.05) is 13.8 Å². The number of nitrogens with zero attached hydrogens (tertiary/aromatic N) is 3. The first-order valence-corrected chi connectivity index (χ1v) is 4.91. The fourth-order valence-corrected chi connectivity index (χ4v) is 1.06. The van der Waals surface area contributed by atoms with Crippen LogP contribution in [0.25, 0.3) is 5.69 Å². The lowest BCUT2D eigenvalue weighted by molar-refractivity contribution is 0.414. The smallest absolute Gasteiger partial charge is 0.119 e. The van der Waals surface area contributed by atoms with E-state index in [0.29, 0.717) is 0 Å². The molecule has 80 valence electrons. The standard InChI is InChI=1S/C9H9N3O.C2H6/c1-13-9-4-2-8(3-5-9)12-10-6-7-11-12;1-2/h2-7H,1H3;1-2H3. The highest BCUT2D eigenvalue weighted by Crippen LogP contribution is 2.12. The van der Waals surface area contributed by atoms with Crippen molar-refractivity contribution >= 4 is 0 Å². The highest BCUT2D eigenvalue weighted by molar-refractivity contribution is 5.35. The molecule has 0 saturated carbocycles. The summed E-state index contributed by atoms with van der Waals surface area (Å²) in [5.41, 5.74) is 0.922. The van der Waals surface area contributed by atoms with Crippen LogP contribution in [0.3, 0.4) is 0 Å². The van der Waals surface area contributed by atoms with Crippen molar-refractivity contribution in [3.8, 4) is 11.4 Å². The first-order valence-electron chi connectivity index (χ1n) is 4.91. The van der Waals surface area contributed by atoms with E-state index in [9.17, 15) is 0 Å². The molecular formula is C11H15N3O. The highest BCUT2D eigenvalue weighted by Gasteiger charge is 1.96. The fourth-order valence-electron chi connectivity index (χ4n) is 1.06. The molecule has 0 aliphatic rings. The van der Waals surface area contributed by atoms with E-state index in [0.717, 1.165) is 11.4 Å². The number of ether oxygens (including phenoxy) is 1. The monoisotopic (exact) mass is 205 g/mol. The summed E-state index contributed by atoms with van der Waals surface area (Å²) in [5.74, 6) is 0.830. The van der Waals surface area contributed by atoms with Crippen LogP contribution < -0.4 is 4.74 Å². The molecule has 1 aromatic heterocycles. The summed E-state index contributed by atoms with van der Waals surface area (Å²) in [6.45, 7) is 4.00. The van der Waals surface area contributed by atoms with Crippen LogP contribution in [0.4, 0.5) is 0 Å². The molecule has 0 unspecified atom stereocenters. The molecule has 4 heteroatoms. The summed E-state index contributed by atoms with van der Waals surface area (Å²) in [6, 6.07) is 7.55. The minimum atomic E-state index is 0.830. The molecule has 0 amide bonds. The molecule has 0 fully saturated rings. The minimum Gasteiger partial charge on any atom is -0.497 e. The van der Waals surface area contributed by atoms with Gasteiger partial charge in [0.2, 0.25) is 0 Å². The van der Waals surface area contributed by atoms with Crippen LogP contribution in [-0.4, -0.2) is 22.1 Å². The molecular weight excluding hydrogens is 190 g/mol. The lowest BCUT2D eigenvalue weighted by Gasteiger charge is -2.01. The van der Waals surface area contributed by atoms with Gasteiger partial charge >= 0.3 is 0 Å². The Bertz CT molecular complexity index is 367. The van der Waals surface area contributed by atoms with Gasteiger partial charge in [0.05, 0.1) is 25.2 Å². The normalized spacial score (nSPS) is 9.00. The summed E-state index contributed by atoms with van der Waals surface area (Å²) in [7, 11) is 1.64. The van der Waals surface area contributed by atoms with Crippen molar-refractivity contribution < 1.29 is 4.74 Å². The van der Waals surface area contributed by atoms with Gasteiger partial charge < -0.3 is 4.74 Å². The van der Waals surface area contributed by atoms with Crippen molar-refractivity contribution in [2.75, 3.05) is 7.11 Å². The SMILES string of the molecule is CC.COc1ccc(-n2nccn2)cc1. The zero-order valence-corrected chi connectivity index (χ0v) is 9.21. The number of benzene rings is 1. The quantitative estimate of drug-likeness (QED) is 0.755. The van der Waals surface area contributed by atoms with E-state index < -0.39 is 0 Å². The summed E-state index contributed by atoms with van der Waals surface area (Å²) in [6.07, 6.45) is 3.29. The highest BCUT2D eigenvalue weighted by atomic mass is 16.5. The topological polar surface area (TPSA) is 39.9 Å². The average molecular weight is 205 g/mol. The minimum absolute atomic E-state index is 0.830. The van der Waals surface area contributed by atoms with Gasteiger partial charge in [-0.05, 0) is 24.3 Å². The van der Waals surface area contributed by atoms with Gasteiger partial charge in [0.1, 0.15) is 5.75 Å². The summed E-state index contributed by atoms with van der Waals surface area (Å²) in [5, 5.41) is 8.01. The Hall–Kier alpha value is -1.84. The van der Waals surface area contributed by atoms with Gasteiger partial charge in [0.15, 0.2) is 0 Å². The second-order valence-electron chi connectivity index (χ2n) is 2.52. The maximum atomic E-state index is 5.04. The van der Waals surface area contributed by atoms with Crippen molar-refractivity contribution in [3.05, 3.63) is 36.7 Å². The zero-order valence-electron chi connectivity index (χ0n) is 9.21. The van der Waals surface area contributed by atoms with E-state index in [2.05, 4.69) is 10.2 Å². The molecule has 4 nitrogen and oxygen atoms in total. The van der Waals surface area contributed by atoms with Crippen LogP contribution >= 0.6 is 0 Å². The molecule has 15 heavy (non-hydrogen) atoms. The zero-order chi connectivity index (χ0) is 11.1. The Labute approximate surface area is 89.5 Å². The van der Waals surface area contributed by atoms with Gasteiger partial charge in [0.25, 0.3) is 0 Å². The Kier molecular flexibility index (Phi) is 4.34. The fraction of sp³-hybridized carbons (Fsp3) is 0.273. The van der Waals surface area contributed by atoms with E-state index in [1.165, 1.54) is 0 Å². The molecule has 0 atom stereocenters. The second kappa shape index (κ2) is 5.80. The summed E-state index contributed by atoms with van der Waals surface area (Å²) in [4.78, 5) is 1.56. The van der Waals surface area contributed by atoms with Gasteiger partial charge in [-0.15, -0.1) is 0 Å². The maximum absolute atomic E-state index is 5.04. The van der Waals surface area contributed by atoms with E-state index in [1.807, 2.05) is 38.1 Å². The molecule has 0 bridgehead atoms. The molecule has 2 aromatic rings. The lowest BCUT2D eigenvalue weighted by atomic mass is 10.3. The first-order chi connectivity index (χ1) is 7.40. The van der Waals surface area contributed by atoms with Crippen LogP contribution in [-0.2, 0) is 0 Å². The molecule has 0 radical (unpaired) electrons. The number of hydrogen-bond acceptors (Lipinski definition) is 3. The van der Waals surface area contributed by atoms with Crippen molar-refractivity contribution in [1.82, 2.24) is 15.0 Å². The van der Waals surface area contributed by atoms with Crippen molar-refractivity contribution in [3.63, 3.8) is 0 Å². The van der Waals surface area contributed by atoms with Crippen LogP contribution in [0.2, 0.25) is 0 Å². The van der Waals surface area contributed by atoms with Gasteiger partial charge in [-0.3, -0.25) is 0 Å². The average Bonchev–Trinajstić information content (AvgIpc) is 2.85. The van der Waals surface area contributed by atoms with Crippen molar-refractivity contribution in [2.24, 2.45) is 0 Å². The molecule has 0 spiro atoms. The third-order valence-electron chi connectivity index (χ3n) is 1.72. The molecule has 1 heterocycles. The van der Waals surface area contributed by atoms with Gasteiger partial charge in [-0.2, -0.15) is 15.0 Å². The molecule has 1 aromatic carbocycles. The molecule has 2 rings (SSSR count). The van der Waals surface area contributed by atoms with Crippen LogP contribution in [0.1, 0.15) is 13.8 Å². The van der Waals surface area contributed by atoms with Crippen LogP contribution in [0, 0.1) is 0 Å². The van der Waals surface area contributed by atoms with Crippen LogP contribution in [0.15, 0.2) is 36.7 Å². The van der Waals surface area contributed by atoms with E-state index in [4.69, 9.17) is 4.74 Å². The predicted octanol–water partition coefficient (Wildman–Crippen LogP) is 2.30. The number of hydrogen-bond donors (Lipinski definition) is 0. The molecule has 0 saturated heterocycles. The third-order valence-corrected chi connectivity index (χ3v) is 1.72. The van der Waals surface area contributed by atoms with E-state index >= 15 is 0 Å². The summed E-state index contributed by atoms with van der Waals surface area (Å²) < 4.78 is 5.04. The number of aromatic nitrogens is 3. The summed E-state index contributed by atoms with van der Waals surface area (Å²) >= 11 is 0. The Morgan fingerprint density at radius 3 is 2.00 bits per heavy atom.